The molecular formula is C13H14ClN3. The van der Waals surface area contributed by atoms with Crippen LogP contribution in [0, 0.1) is 0 Å². The molecule has 2 saturated carbocycles. The van der Waals surface area contributed by atoms with Crippen molar-refractivity contribution in [2.45, 2.75) is 43.9 Å². The van der Waals surface area contributed by atoms with Gasteiger partial charge in [-0.1, -0.05) is 18.0 Å². The van der Waals surface area contributed by atoms with Crippen molar-refractivity contribution >= 4 is 17.2 Å². The van der Waals surface area contributed by atoms with Gasteiger partial charge in [0.05, 0.1) is 6.20 Å². The molecular weight excluding hydrogens is 234 g/mol. The smallest absolute Gasteiger partial charge is 0.160 e. The molecule has 2 fully saturated rings. The quantitative estimate of drug-likeness (QED) is 0.760. The van der Waals surface area contributed by atoms with Crippen LogP contribution in [0.5, 0.6) is 0 Å². The summed E-state index contributed by atoms with van der Waals surface area (Å²) < 4.78 is 1.78. The van der Waals surface area contributed by atoms with Crippen LogP contribution in [0.15, 0.2) is 12.3 Å². The van der Waals surface area contributed by atoms with E-state index >= 15 is 0 Å². The Bertz CT molecular complexity index is 582. The van der Waals surface area contributed by atoms with Crippen molar-refractivity contribution in [1.29, 1.82) is 0 Å². The summed E-state index contributed by atoms with van der Waals surface area (Å²) in [6.45, 7) is 0. The van der Waals surface area contributed by atoms with E-state index in [0.717, 1.165) is 11.3 Å². The van der Waals surface area contributed by atoms with Crippen molar-refractivity contribution in [1.82, 2.24) is 14.6 Å². The van der Waals surface area contributed by atoms with Gasteiger partial charge in [-0.3, -0.25) is 0 Å². The number of aromatic nitrogens is 3. The molecule has 0 aliphatic heterocycles. The van der Waals surface area contributed by atoms with E-state index in [0.29, 0.717) is 17.0 Å². The van der Waals surface area contributed by atoms with Gasteiger partial charge in [-0.2, -0.15) is 5.10 Å². The second-order valence-electron chi connectivity index (χ2n) is 5.24. The molecule has 4 heteroatoms. The highest BCUT2D eigenvalue weighted by Gasteiger charge is 2.29. The number of fused-ring (bicyclic) bond motifs is 1. The molecule has 0 unspecified atom stereocenters. The van der Waals surface area contributed by atoms with Crippen molar-refractivity contribution in [3.8, 4) is 0 Å². The third-order valence-corrected chi connectivity index (χ3v) is 4.29. The van der Waals surface area contributed by atoms with Crippen LogP contribution in [0.25, 0.3) is 5.65 Å². The Morgan fingerprint density at radius 3 is 2.65 bits per heavy atom. The highest BCUT2D eigenvalue weighted by Crippen LogP contribution is 2.43. The number of halogens is 1. The van der Waals surface area contributed by atoms with Gasteiger partial charge in [0, 0.05) is 17.2 Å². The second-order valence-corrected chi connectivity index (χ2v) is 5.63. The van der Waals surface area contributed by atoms with E-state index in [1.54, 1.807) is 4.52 Å². The van der Waals surface area contributed by atoms with Crippen LogP contribution >= 0.6 is 11.6 Å². The van der Waals surface area contributed by atoms with Gasteiger partial charge in [-0.15, -0.1) is 0 Å². The van der Waals surface area contributed by atoms with Gasteiger partial charge in [0.2, 0.25) is 0 Å². The SMILES string of the molecule is Clc1cc(C2CCC2)nc2c(C3CC3)cnn12. The normalized spacial score (nSPS) is 20.8. The van der Waals surface area contributed by atoms with E-state index < -0.39 is 0 Å². The van der Waals surface area contributed by atoms with E-state index in [2.05, 4.69) is 5.10 Å². The molecule has 0 radical (unpaired) electrons. The predicted molar refractivity (Wildman–Crippen MR) is 66.6 cm³/mol. The second kappa shape index (κ2) is 3.45. The minimum Gasteiger partial charge on any atom is -0.233 e. The van der Waals surface area contributed by atoms with Crippen molar-refractivity contribution in [3.05, 3.63) is 28.7 Å². The topological polar surface area (TPSA) is 30.2 Å². The summed E-state index contributed by atoms with van der Waals surface area (Å²) in [6, 6.07) is 1.99. The first kappa shape index (κ1) is 9.89. The predicted octanol–water partition coefficient (Wildman–Crippen LogP) is 3.53. The zero-order valence-electron chi connectivity index (χ0n) is 9.56. The largest absolute Gasteiger partial charge is 0.233 e. The minimum absolute atomic E-state index is 0.624. The summed E-state index contributed by atoms with van der Waals surface area (Å²) in [5.74, 6) is 1.30. The van der Waals surface area contributed by atoms with Crippen LogP contribution in [0.1, 0.15) is 55.2 Å². The first-order valence-corrected chi connectivity index (χ1v) is 6.75. The molecule has 0 amide bonds. The molecule has 17 heavy (non-hydrogen) atoms. The van der Waals surface area contributed by atoms with E-state index in [1.807, 2.05) is 12.3 Å². The molecule has 2 aliphatic rings. The molecule has 88 valence electrons. The summed E-state index contributed by atoms with van der Waals surface area (Å²) >= 11 is 6.29. The zero-order chi connectivity index (χ0) is 11.4. The lowest BCUT2D eigenvalue weighted by Gasteiger charge is -2.24. The van der Waals surface area contributed by atoms with Crippen LogP contribution in [-0.4, -0.2) is 14.6 Å². The maximum atomic E-state index is 6.29. The van der Waals surface area contributed by atoms with Crippen molar-refractivity contribution in [2.75, 3.05) is 0 Å². The number of nitrogens with zero attached hydrogens (tertiary/aromatic N) is 3. The van der Waals surface area contributed by atoms with Crippen molar-refractivity contribution < 1.29 is 0 Å². The Kier molecular flexibility index (Phi) is 2.01. The van der Waals surface area contributed by atoms with Crippen molar-refractivity contribution in [2.24, 2.45) is 0 Å². The molecule has 2 aromatic rings. The lowest BCUT2D eigenvalue weighted by molar-refractivity contribution is 0.411. The number of hydrogen-bond donors (Lipinski definition) is 0. The zero-order valence-corrected chi connectivity index (χ0v) is 10.3. The van der Waals surface area contributed by atoms with Crippen LogP contribution in [0.3, 0.4) is 0 Å². The average molecular weight is 248 g/mol. The molecule has 0 bridgehead atoms. The Hall–Kier alpha value is -1.09. The highest BCUT2D eigenvalue weighted by atomic mass is 35.5. The van der Waals surface area contributed by atoms with Gasteiger partial charge in [0.25, 0.3) is 0 Å². The summed E-state index contributed by atoms with van der Waals surface area (Å²) in [4.78, 5) is 4.80. The Balaban J connectivity index is 1.90. The molecule has 2 aromatic heterocycles. The van der Waals surface area contributed by atoms with E-state index in [4.69, 9.17) is 16.6 Å². The molecule has 0 aromatic carbocycles. The van der Waals surface area contributed by atoms with Gasteiger partial charge < -0.3 is 0 Å². The van der Waals surface area contributed by atoms with Crippen molar-refractivity contribution in [3.63, 3.8) is 0 Å². The van der Waals surface area contributed by atoms with Gasteiger partial charge in [0.1, 0.15) is 5.15 Å². The maximum Gasteiger partial charge on any atom is 0.160 e. The fourth-order valence-corrected chi connectivity index (χ4v) is 2.79. The van der Waals surface area contributed by atoms with Gasteiger partial charge in [0.15, 0.2) is 5.65 Å². The molecule has 3 nitrogen and oxygen atoms in total. The summed E-state index contributed by atoms with van der Waals surface area (Å²) in [5.41, 5.74) is 3.44. The van der Waals surface area contributed by atoms with Gasteiger partial charge >= 0.3 is 0 Å². The van der Waals surface area contributed by atoms with E-state index in [1.165, 1.54) is 37.7 Å². The maximum absolute atomic E-state index is 6.29. The Morgan fingerprint density at radius 1 is 1.18 bits per heavy atom. The molecule has 0 spiro atoms. The summed E-state index contributed by atoms with van der Waals surface area (Å²) in [5, 5.41) is 5.04. The highest BCUT2D eigenvalue weighted by molar-refractivity contribution is 6.29. The number of hydrogen-bond acceptors (Lipinski definition) is 2. The first-order chi connectivity index (χ1) is 8.33. The van der Waals surface area contributed by atoms with Crippen LogP contribution in [0.2, 0.25) is 5.15 Å². The van der Waals surface area contributed by atoms with Gasteiger partial charge in [-0.25, -0.2) is 9.50 Å². The van der Waals surface area contributed by atoms with Crippen LogP contribution < -0.4 is 0 Å². The third kappa shape index (κ3) is 1.48. The number of rotatable bonds is 2. The summed E-state index contributed by atoms with van der Waals surface area (Å²) in [6.07, 6.45) is 8.32. The Morgan fingerprint density at radius 2 is 2.00 bits per heavy atom. The van der Waals surface area contributed by atoms with Crippen LogP contribution in [-0.2, 0) is 0 Å². The lowest BCUT2D eigenvalue weighted by Crippen LogP contribution is -2.11. The standard InChI is InChI=1S/C13H14ClN3/c14-12-6-11(9-2-1-3-9)16-13-10(8-4-5-8)7-15-17(12)13/h6-9H,1-5H2. The minimum atomic E-state index is 0.624. The monoisotopic (exact) mass is 247 g/mol. The molecule has 0 saturated heterocycles. The fourth-order valence-electron chi connectivity index (χ4n) is 2.56. The molecule has 0 atom stereocenters. The van der Waals surface area contributed by atoms with Gasteiger partial charge in [-0.05, 0) is 37.7 Å². The fraction of sp³-hybridized carbons (Fsp3) is 0.538. The molecule has 4 rings (SSSR count). The van der Waals surface area contributed by atoms with Crippen LogP contribution in [0.4, 0.5) is 0 Å². The third-order valence-electron chi connectivity index (χ3n) is 4.02. The van der Waals surface area contributed by atoms with E-state index in [9.17, 15) is 0 Å². The lowest BCUT2D eigenvalue weighted by atomic mass is 9.83. The first-order valence-electron chi connectivity index (χ1n) is 6.37. The van der Waals surface area contributed by atoms with E-state index in [-0.39, 0.29) is 0 Å². The molecule has 2 heterocycles. The average Bonchev–Trinajstić information content (AvgIpc) is 2.97. The molecule has 0 N–H and O–H groups in total. The molecule has 2 aliphatic carbocycles. The summed E-state index contributed by atoms with van der Waals surface area (Å²) in [7, 11) is 0. The Labute approximate surface area is 105 Å².